The first-order chi connectivity index (χ1) is 12.7. The third-order valence-corrected chi connectivity index (χ3v) is 3.89. The second-order valence-corrected chi connectivity index (χ2v) is 5.58. The normalized spacial score (nSPS) is 10.8. The Morgan fingerprint density at radius 2 is 1.89 bits per heavy atom. The molecule has 27 heavy (non-hydrogen) atoms. The van der Waals surface area contributed by atoms with E-state index in [1.807, 2.05) is 5.32 Å². The summed E-state index contributed by atoms with van der Waals surface area (Å²) in [6.07, 6.45) is 0.895. The van der Waals surface area contributed by atoms with Gasteiger partial charge in [-0.3, -0.25) is 14.2 Å². The Morgan fingerprint density at radius 3 is 2.52 bits per heavy atom. The van der Waals surface area contributed by atoms with E-state index in [-0.39, 0.29) is 12.1 Å². The van der Waals surface area contributed by atoms with Gasteiger partial charge in [0.05, 0.1) is 16.8 Å². The number of amides is 1. The second kappa shape index (κ2) is 6.72. The lowest BCUT2D eigenvalue weighted by Gasteiger charge is -2.14. The van der Waals surface area contributed by atoms with Gasteiger partial charge in [-0.1, -0.05) is 11.6 Å². The number of pyridine rings is 2. The highest BCUT2D eigenvalue weighted by Crippen LogP contribution is 2.26. The van der Waals surface area contributed by atoms with Crippen LogP contribution >= 0.6 is 11.6 Å². The summed E-state index contributed by atoms with van der Waals surface area (Å²) in [5.74, 6) is -4.99. The lowest BCUT2D eigenvalue weighted by molar-refractivity contribution is -0.105. The van der Waals surface area contributed by atoms with Crippen molar-refractivity contribution in [3.05, 3.63) is 62.8 Å². The lowest BCUT2D eigenvalue weighted by Crippen LogP contribution is -2.20. The molecule has 0 bridgehead atoms. The second-order valence-electron chi connectivity index (χ2n) is 5.22. The molecule has 138 valence electrons. The highest BCUT2D eigenvalue weighted by atomic mass is 35.5. The van der Waals surface area contributed by atoms with E-state index < -0.39 is 56.3 Å². The predicted molar refractivity (Wildman–Crippen MR) is 88.9 cm³/mol. The van der Waals surface area contributed by atoms with E-state index in [1.165, 1.54) is 0 Å². The summed E-state index contributed by atoms with van der Waals surface area (Å²) in [5.41, 5.74) is -3.11. The molecule has 0 aliphatic rings. The van der Waals surface area contributed by atoms with Crippen LogP contribution < -0.4 is 10.7 Å². The van der Waals surface area contributed by atoms with E-state index in [4.69, 9.17) is 11.6 Å². The summed E-state index contributed by atoms with van der Waals surface area (Å²) >= 11 is 5.62. The highest BCUT2D eigenvalue weighted by Gasteiger charge is 2.21. The molecule has 0 atom stereocenters. The number of benzene rings is 1. The molecule has 2 heterocycles. The SMILES string of the molecule is O=CNc1cc(-n2cc(C(=O)O)c(=O)c3cc(F)c(Cl)nc32)c(F)cc1F. The number of halogens is 4. The zero-order valence-electron chi connectivity index (χ0n) is 13.0. The number of carbonyl (C=O) groups is 2. The zero-order valence-corrected chi connectivity index (χ0v) is 13.7. The summed E-state index contributed by atoms with van der Waals surface area (Å²) in [7, 11) is 0. The Bertz CT molecular complexity index is 1180. The fourth-order valence-corrected chi connectivity index (χ4v) is 2.57. The van der Waals surface area contributed by atoms with Crippen molar-refractivity contribution in [3.8, 4) is 5.69 Å². The van der Waals surface area contributed by atoms with E-state index in [2.05, 4.69) is 4.98 Å². The van der Waals surface area contributed by atoms with Crippen LogP contribution in [-0.2, 0) is 4.79 Å². The number of hydrogen-bond donors (Lipinski definition) is 2. The molecule has 0 unspecified atom stereocenters. The zero-order chi connectivity index (χ0) is 19.9. The number of carboxylic acid groups (broad SMARTS) is 1. The van der Waals surface area contributed by atoms with Gasteiger partial charge in [0.2, 0.25) is 11.8 Å². The predicted octanol–water partition coefficient (Wildman–Crippen LogP) is 2.72. The monoisotopic (exact) mass is 397 g/mol. The number of nitrogens with one attached hydrogen (secondary N) is 1. The molecular weight excluding hydrogens is 391 g/mol. The highest BCUT2D eigenvalue weighted by molar-refractivity contribution is 6.29. The number of aromatic nitrogens is 2. The fourth-order valence-electron chi connectivity index (χ4n) is 2.43. The van der Waals surface area contributed by atoms with Gasteiger partial charge >= 0.3 is 5.97 Å². The smallest absolute Gasteiger partial charge is 0.341 e. The largest absolute Gasteiger partial charge is 0.477 e. The van der Waals surface area contributed by atoms with Crippen molar-refractivity contribution in [1.82, 2.24) is 9.55 Å². The third-order valence-electron chi connectivity index (χ3n) is 3.63. The number of carboxylic acids is 1. The number of anilines is 1. The summed E-state index contributed by atoms with van der Waals surface area (Å²) in [6, 6.07) is 1.96. The topological polar surface area (TPSA) is 101 Å². The third kappa shape index (κ3) is 3.10. The van der Waals surface area contributed by atoms with Gasteiger partial charge in [0.1, 0.15) is 17.2 Å². The van der Waals surface area contributed by atoms with Crippen molar-refractivity contribution in [2.75, 3.05) is 5.32 Å². The first kappa shape index (κ1) is 18.4. The van der Waals surface area contributed by atoms with Crippen molar-refractivity contribution in [3.63, 3.8) is 0 Å². The van der Waals surface area contributed by atoms with E-state index in [9.17, 15) is 32.7 Å². The molecule has 0 radical (unpaired) electrons. The van der Waals surface area contributed by atoms with Crippen LogP contribution in [0.25, 0.3) is 16.7 Å². The molecule has 1 amide bonds. The van der Waals surface area contributed by atoms with Crippen LogP contribution in [0, 0.1) is 17.5 Å². The van der Waals surface area contributed by atoms with Gasteiger partial charge in [0, 0.05) is 12.3 Å². The molecule has 0 saturated heterocycles. The van der Waals surface area contributed by atoms with Crippen molar-refractivity contribution in [2.45, 2.75) is 0 Å². The van der Waals surface area contributed by atoms with Gasteiger partial charge in [0.25, 0.3) is 0 Å². The first-order valence-corrected chi connectivity index (χ1v) is 7.46. The molecule has 1 aromatic carbocycles. The van der Waals surface area contributed by atoms with Gasteiger partial charge in [-0.05, 0) is 12.1 Å². The van der Waals surface area contributed by atoms with Gasteiger partial charge < -0.3 is 10.4 Å². The van der Waals surface area contributed by atoms with Crippen LogP contribution in [-0.4, -0.2) is 27.0 Å². The molecule has 0 aliphatic heterocycles. The van der Waals surface area contributed by atoms with E-state index >= 15 is 0 Å². The van der Waals surface area contributed by atoms with Crippen LogP contribution in [0.15, 0.2) is 29.2 Å². The van der Waals surface area contributed by atoms with Crippen molar-refractivity contribution < 1.29 is 27.9 Å². The maximum Gasteiger partial charge on any atom is 0.341 e. The van der Waals surface area contributed by atoms with Gasteiger partial charge in [-0.25, -0.2) is 22.9 Å². The summed E-state index contributed by atoms with van der Waals surface area (Å²) in [4.78, 5) is 37.8. The minimum Gasteiger partial charge on any atom is -0.477 e. The van der Waals surface area contributed by atoms with Gasteiger partial charge in [-0.15, -0.1) is 0 Å². The summed E-state index contributed by atoms with van der Waals surface area (Å²) in [5, 5.41) is 10.1. The van der Waals surface area contributed by atoms with Crippen molar-refractivity contribution in [1.29, 1.82) is 0 Å². The lowest BCUT2D eigenvalue weighted by atomic mass is 10.1. The summed E-state index contributed by atoms with van der Waals surface area (Å²) in [6.45, 7) is 0. The molecule has 2 aromatic heterocycles. The maximum absolute atomic E-state index is 14.4. The molecule has 11 heteroatoms. The summed E-state index contributed by atoms with van der Waals surface area (Å²) < 4.78 is 42.6. The molecule has 0 aliphatic carbocycles. The van der Waals surface area contributed by atoms with E-state index in [0.717, 1.165) is 16.8 Å². The molecule has 3 aromatic rings. The van der Waals surface area contributed by atoms with Crippen molar-refractivity contribution in [2.24, 2.45) is 0 Å². The average molecular weight is 398 g/mol. The number of nitrogens with zero attached hydrogens (tertiary/aromatic N) is 2. The van der Waals surface area contributed by atoms with Crippen LogP contribution in [0.4, 0.5) is 18.9 Å². The molecule has 0 saturated carbocycles. The number of aromatic carboxylic acids is 1. The van der Waals surface area contributed by atoms with Crippen LogP contribution in [0.2, 0.25) is 5.15 Å². The van der Waals surface area contributed by atoms with Gasteiger partial charge in [0.15, 0.2) is 16.6 Å². The first-order valence-electron chi connectivity index (χ1n) is 7.09. The minimum atomic E-state index is -1.65. The van der Waals surface area contributed by atoms with Crippen LogP contribution in [0.3, 0.4) is 0 Å². The Hall–Kier alpha value is -3.40. The standard InChI is InChI=1S/C16H7ClF3N3O4/c17-14-10(20)1-6-13(25)7(16(26)27)4-23(15(6)22-14)12-3-11(21-5-24)8(18)2-9(12)19/h1-5H,(H,21,24)(H,26,27). The minimum absolute atomic E-state index is 0.150. The Labute approximate surface area is 152 Å². The number of fused-ring (bicyclic) bond motifs is 1. The van der Waals surface area contributed by atoms with Crippen LogP contribution in [0.1, 0.15) is 10.4 Å². The molecule has 3 rings (SSSR count). The maximum atomic E-state index is 14.4. The molecule has 0 spiro atoms. The Kier molecular flexibility index (Phi) is 4.58. The number of hydrogen-bond acceptors (Lipinski definition) is 4. The van der Waals surface area contributed by atoms with Crippen molar-refractivity contribution >= 4 is 40.7 Å². The quantitative estimate of drug-likeness (QED) is 0.520. The molecule has 0 fully saturated rings. The van der Waals surface area contributed by atoms with Crippen LogP contribution in [0.5, 0.6) is 0 Å². The number of carbonyl (C=O) groups excluding carboxylic acids is 1. The molecule has 2 N–H and O–H groups in total. The van der Waals surface area contributed by atoms with E-state index in [0.29, 0.717) is 12.1 Å². The van der Waals surface area contributed by atoms with E-state index in [1.54, 1.807) is 0 Å². The fraction of sp³-hybridized carbons (Fsp3) is 0. The number of rotatable bonds is 4. The Balaban J connectivity index is 2.48. The molecule has 7 nitrogen and oxygen atoms in total. The average Bonchev–Trinajstić information content (AvgIpc) is 2.60. The van der Waals surface area contributed by atoms with Gasteiger partial charge in [-0.2, -0.15) is 0 Å². The Morgan fingerprint density at radius 1 is 1.19 bits per heavy atom. The molecular formula is C16H7ClF3N3O4.